The number of hydrogen-bond acceptors (Lipinski definition) is 4. The Labute approximate surface area is 108 Å². The Morgan fingerprint density at radius 3 is 3.11 bits per heavy atom. The van der Waals surface area contributed by atoms with Crippen molar-refractivity contribution in [3.8, 4) is 0 Å². The van der Waals surface area contributed by atoms with Crippen LogP contribution < -0.4 is 5.32 Å². The lowest BCUT2D eigenvalue weighted by molar-refractivity contribution is 0.184. The van der Waals surface area contributed by atoms with Gasteiger partial charge < -0.3 is 19.4 Å². The molecule has 1 fully saturated rings. The van der Waals surface area contributed by atoms with Crippen LogP contribution >= 0.6 is 0 Å². The van der Waals surface area contributed by atoms with E-state index >= 15 is 0 Å². The molecule has 1 N–H and O–H groups in total. The zero-order valence-corrected chi connectivity index (χ0v) is 11.5. The van der Waals surface area contributed by atoms with E-state index in [2.05, 4.69) is 28.0 Å². The highest BCUT2D eigenvalue weighted by molar-refractivity contribution is 5.33. The number of rotatable bonds is 6. The Balaban J connectivity index is 2.02. The van der Waals surface area contributed by atoms with Crippen molar-refractivity contribution >= 4 is 5.95 Å². The maximum atomic E-state index is 5.46. The number of ether oxygens (including phenoxy) is 2. The molecule has 18 heavy (non-hydrogen) atoms. The number of hydrogen-bond donors (Lipinski definition) is 1. The maximum Gasteiger partial charge on any atom is 0.203 e. The van der Waals surface area contributed by atoms with E-state index in [1.54, 1.807) is 7.11 Å². The second kappa shape index (κ2) is 5.71. The molecule has 1 atom stereocenters. The molecule has 0 aromatic carbocycles. The number of aryl methyl sites for hydroxylation is 2. The molecule has 5 nitrogen and oxygen atoms in total. The zero-order valence-electron chi connectivity index (χ0n) is 11.5. The first-order valence-electron chi connectivity index (χ1n) is 6.52. The molecule has 1 aliphatic rings. The smallest absolute Gasteiger partial charge is 0.203 e. The Morgan fingerprint density at radius 1 is 1.61 bits per heavy atom. The van der Waals surface area contributed by atoms with Crippen LogP contribution in [0.3, 0.4) is 0 Å². The van der Waals surface area contributed by atoms with E-state index in [0.29, 0.717) is 0 Å². The first-order valence-corrected chi connectivity index (χ1v) is 6.52. The van der Waals surface area contributed by atoms with Crippen LogP contribution in [0, 0.1) is 6.92 Å². The van der Waals surface area contributed by atoms with Crippen molar-refractivity contribution in [1.82, 2.24) is 9.55 Å². The molecule has 1 aromatic heterocycles. The van der Waals surface area contributed by atoms with E-state index in [1.807, 2.05) is 6.92 Å². The summed E-state index contributed by atoms with van der Waals surface area (Å²) in [4.78, 5) is 4.55. The van der Waals surface area contributed by atoms with Gasteiger partial charge in [0, 0.05) is 33.1 Å². The molecular formula is C13H23N3O2. The number of imidazole rings is 1. The SMILES string of the molecule is COCCCn1cc(C)nc1NC1(C)CCOC1. The molecule has 5 heteroatoms. The fourth-order valence-corrected chi connectivity index (χ4v) is 2.23. The van der Waals surface area contributed by atoms with Gasteiger partial charge in [-0.2, -0.15) is 0 Å². The van der Waals surface area contributed by atoms with E-state index in [4.69, 9.17) is 9.47 Å². The molecular weight excluding hydrogens is 230 g/mol. The fourth-order valence-electron chi connectivity index (χ4n) is 2.23. The first-order chi connectivity index (χ1) is 8.63. The third kappa shape index (κ3) is 3.23. The molecule has 0 radical (unpaired) electrons. The minimum absolute atomic E-state index is 0.0107. The van der Waals surface area contributed by atoms with Crippen molar-refractivity contribution in [2.45, 2.75) is 38.8 Å². The largest absolute Gasteiger partial charge is 0.385 e. The topological polar surface area (TPSA) is 48.3 Å². The van der Waals surface area contributed by atoms with Gasteiger partial charge in [-0.05, 0) is 26.7 Å². The molecule has 1 aliphatic heterocycles. The highest BCUT2D eigenvalue weighted by Gasteiger charge is 2.30. The fraction of sp³-hybridized carbons (Fsp3) is 0.769. The summed E-state index contributed by atoms with van der Waals surface area (Å²) in [6.45, 7) is 7.48. The highest BCUT2D eigenvalue weighted by Crippen LogP contribution is 2.23. The van der Waals surface area contributed by atoms with Crippen LogP contribution in [0.1, 0.15) is 25.5 Å². The van der Waals surface area contributed by atoms with Gasteiger partial charge in [0.05, 0.1) is 17.8 Å². The minimum atomic E-state index is 0.0107. The molecule has 1 aromatic rings. The van der Waals surface area contributed by atoms with Crippen LogP contribution in [0.15, 0.2) is 6.20 Å². The van der Waals surface area contributed by atoms with Gasteiger partial charge in [0.15, 0.2) is 0 Å². The monoisotopic (exact) mass is 253 g/mol. The molecule has 0 amide bonds. The van der Waals surface area contributed by atoms with Crippen LogP contribution in [-0.2, 0) is 16.0 Å². The third-order valence-electron chi connectivity index (χ3n) is 3.28. The van der Waals surface area contributed by atoms with Crippen LogP contribution in [0.2, 0.25) is 0 Å². The van der Waals surface area contributed by atoms with Gasteiger partial charge in [0.1, 0.15) is 0 Å². The van der Waals surface area contributed by atoms with Crippen LogP contribution in [0.4, 0.5) is 5.95 Å². The molecule has 102 valence electrons. The normalized spacial score (nSPS) is 23.5. The molecule has 0 spiro atoms. The van der Waals surface area contributed by atoms with Crippen molar-refractivity contribution in [3.63, 3.8) is 0 Å². The van der Waals surface area contributed by atoms with Gasteiger partial charge in [-0.3, -0.25) is 0 Å². The number of nitrogens with zero attached hydrogens (tertiary/aromatic N) is 2. The van der Waals surface area contributed by atoms with Gasteiger partial charge in [0.2, 0.25) is 5.95 Å². The van der Waals surface area contributed by atoms with Crippen molar-refractivity contribution in [3.05, 3.63) is 11.9 Å². The van der Waals surface area contributed by atoms with Crippen LogP contribution in [0.5, 0.6) is 0 Å². The summed E-state index contributed by atoms with van der Waals surface area (Å²) in [7, 11) is 1.73. The summed E-state index contributed by atoms with van der Waals surface area (Å²) in [6.07, 6.45) is 4.10. The van der Waals surface area contributed by atoms with Crippen molar-refractivity contribution in [2.75, 3.05) is 32.2 Å². The Morgan fingerprint density at radius 2 is 2.44 bits per heavy atom. The number of nitrogens with one attached hydrogen (secondary N) is 1. The Hall–Kier alpha value is -1.07. The summed E-state index contributed by atoms with van der Waals surface area (Å²) in [5.41, 5.74) is 1.05. The third-order valence-corrected chi connectivity index (χ3v) is 3.28. The molecule has 0 saturated carbocycles. The van der Waals surface area contributed by atoms with Gasteiger partial charge >= 0.3 is 0 Å². The van der Waals surface area contributed by atoms with E-state index < -0.39 is 0 Å². The summed E-state index contributed by atoms with van der Waals surface area (Å²) < 4.78 is 12.7. The Kier molecular flexibility index (Phi) is 4.24. The summed E-state index contributed by atoms with van der Waals surface area (Å²) >= 11 is 0. The average molecular weight is 253 g/mol. The van der Waals surface area contributed by atoms with Gasteiger partial charge in [-0.15, -0.1) is 0 Å². The van der Waals surface area contributed by atoms with Crippen LogP contribution in [-0.4, -0.2) is 42.0 Å². The summed E-state index contributed by atoms with van der Waals surface area (Å²) in [5, 5.41) is 3.52. The predicted molar refractivity (Wildman–Crippen MR) is 70.9 cm³/mol. The molecule has 2 rings (SSSR count). The van der Waals surface area contributed by atoms with Gasteiger partial charge in [-0.25, -0.2) is 4.98 Å². The lowest BCUT2D eigenvalue weighted by Crippen LogP contribution is -2.36. The zero-order chi connectivity index (χ0) is 13.0. The van der Waals surface area contributed by atoms with E-state index in [-0.39, 0.29) is 5.54 Å². The standard InChI is InChI=1S/C13H23N3O2/c1-11-9-16(6-4-7-17-3)12(14-11)15-13(2)5-8-18-10-13/h9H,4-8,10H2,1-3H3,(H,14,15). The maximum absolute atomic E-state index is 5.46. The second-order valence-electron chi connectivity index (χ2n) is 5.23. The predicted octanol–water partition coefficient (Wildman–Crippen LogP) is 1.82. The van der Waals surface area contributed by atoms with Crippen molar-refractivity contribution in [1.29, 1.82) is 0 Å². The first kappa shape index (κ1) is 13.4. The summed E-state index contributed by atoms with van der Waals surface area (Å²) in [5.74, 6) is 0.941. The minimum Gasteiger partial charge on any atom is -0.385 e. The van der Waals surface area contributed by atoms with Gasteiger partial charge in [-0.1, -0.05) is 0 Å². The van der Waals surface area contributed by atoms with Crippen molar-refractivity contribution < 1.29 is 9.47 Å². The molecule has 2 heterocycles. The average Bonchev–Trinajstić information content (AvgIpc) is 2.87. The van der Waals surface area contributed by atoms with E-state index in [1.165, 1.54) is 0 Å². The number of anilines is 1. The van der Waals surface area contributed by atoms with Gasteiger partial charge in [0.25, 0.3) is 0 Å². The quantitative estimate of drug-likeness (QED) is 0.786. The Bertz CT molecular complexity index is 384. The lowest BCUT2D eigenvalue weighted by atomic mass is 10.0. The molecule has 1 saturated heterocycles. The summed E-state index contributed by atoms with van der Waals surface area (Å²) in [6, 6.07) is 0. The molecule has 1 unspecified atom stereocenters. The molecule has 0 bridgehead atoms. The second-order valence-corrected chi connectivity index (χ2v) is 5.23. The lowest BCUT2D eigenvalue weighted by Gasteiger charge is -2.24. The number of methoxy groups -OCH3 is 1. The van der Waals surface area contributed by atoms with Crippen molar-refractivity contribution in [2.24, 2.45) is 0 Å². The number of aromatic nitrogens is 2. The van der Waals surface area contributed by atoms with E-state index in [9.17, 15) is 0 Å². The van der Waals surface area contributed by atoms with E-state index in [0.717, 1.165) is 50.8 Å². The molecule has 0 aliphatic carbocycles. The highest BCUT2D eigenvalue weighted by atomic mass is 16.5. The van der Waals surface area contributed by atoms with Crippen LogP contribution in [0.25, 0.3) is 0 Å².